The molecule has 0 fully saturated rings. The van der Waals surface area contributed by atoms with Crippen LogP contribution in [0.25, 0.3) is 0 Å². The highest BCUT2D eigenvalue weighted by Crippen LogP contribution is 2.08. The highest BCUT2D eigenvalue weighted by Gasteiger charge is 2.29. The van der Waals surface area contributed by atoms with Crippen molar-refractivity contribution in [3.63, 3.8) is 0 Å². The van der Waals surface area contributed by atoms with Gasteiger partial charge in [0.05, 0.1) is 6.04 Å². The van der Waals surface area contributed by atoms with Crippen molar-refractivity contribution in [2.24, 2.45) is 17.6 Å². The van der Waals surface area contributed by atoms with Crippen molar-refractivity contribution in [3.05, 3.63) is 0 Å². The zero-order valence-electron chi connectivity index (χ0n) is 13.5. The molecule has 0 aromatic rings. The molecule has 0 bridgehead atoms. The van der Waals surface area contributed by atoms with Gasteiger partial charge < -0.3 is 21.5 Å². The Morgan fingerprint density at radius 1 is 1.09 bits per heavy atom. The van der Waals surface area contributed by atoms with E-state index in [1.54, 1.807) is 13.8 Å². The predicted octanol–water partition coefficient (Wildman–Crippen LogP) is -0.000200. The lowest BCUT2D eigenvalue weighted by Crippen LogP contribution is -2.56. The van der Waals surface area contributed by atoms with Crippen LogP contribution < -0.4 is 16.4 Å². The second kappa shape index (κ2) is 9.68. The average Bonchev–Trinajstić information content (AvgIpc) is 2.41. The summed E-state index contributed by atoms with van der Waals surface area (Å²) in [5, 5.41) is 14.2. The lowest BCUT2D eigenvalue weighted by Gasteiger charge is -2.25. The molecule has 0 saturated carbocycles. The molecule has 0 heterocycles. The molecule has 22 heavy (non-hydrogen) atoms. The summed E-state index contributed by atoms with van der Waals surface area (Å²) in [4.78, 5) is 35.3. The molecule has 0 spiro atoms. The first-order valence-electron chi connectivity index (χ1n) is 7.30. The number of hydrogen-bond donors (Lipinski definition) is 5. The summed E-state index contributed by atoms with van der Waals surface area (Å²) in [6, 6.07) is -2.64. The zero-order valence-corrected chi connectivity index (χ0v) is 14.4. The Bertz CT molecular complexity index is 402. The number of nitrogens with one attached hydrogen (secondary N) is 2. The molecule has 0 radical (unpaired) electrons. The monoisotopic (exact) mass is 333 g/mol. The number of carbonyl (C=O) groups excluding carboxylic acids is 2. The van der Waals surface area contributed by atoms with Gasteiger partial charge in [0.25, 0.3) is 0 Å². The third-order valence-corrected chi connectivity index (χ3v) is 3.50. The third kappa shape index (κ3) is 7.13. The first-order valence-corrected chi connectivity index (χ1v) is 7.93. The third-order valence-electron chi connectivity index (χ3n) is 3.10. The quantitative estimate of drug-likeness (QED) is 0.380. The maximum atomic E-state index is 12.3. The van der Waals surface area contributed by atoms with Crippen LogP contribution in [-0.4, -0.2) is 46.8 Å². The van der Waals surface area contributed by atoms with E-state index in [4.69, 9.17) is 10.8 Å². The standard InChI is InChI=1S/C14H27N3O4S/c1-7(2)5-10(14(20)21)16-13(19)11(8(3)4)17-12(18)9(15)6-22/h7-11,22H,5-6,15H2,1-4H3,(H,16,19)(H,17,18)(H,20,21)/t9-,10-,11-/m0/s1. The Kier molecular flexibility index (Phi) is 9.12. The van der Waals surface area contributed by atoms with Gasteiger partial charge in [-0.15, -0.1) is 0 Å². The van der Waals surface area contributed by atoms with Gasteiger partial charge in [-0.3, -0.25) is 9.59 Å². The van der Waals surface area contributed by atoms with Gasteiger partial charge in [-0.1, -0.05) is 27.7 Å². The summed E-state index contributed by atoms with van der Waals surface area (Å²) >= 11 is 3.94. The van der Waals surface area contributed by atoms with Gasteiger partial charge in [-0.25, -0.2) is 4.79 Å². The smallest absolute Gasteiger partial charge is 0.326 e. The van der Waals surface area contributed by atoms with Gasteiger partial charge in [-0.05, 0) is 18.3 Å². The van der Waals surface area contributed by atoms with E-state index in [1.165, 1.54) is 0 Å². The van der Waals surface area contributed by atoms with Crippen molar-refractivity contribution in [2.75, 3.05) is 5.75 Å². The van der Waals surface area contributed by atoms with E-state index >= 15 is 0 Å². The fourth-order valence-corrected chi connectivity index (χ4v) is 2.00. The van der Waals surface area contributed by atoms with Crippen molar-refractivity contribution in [1.29, 1.82) is 0 Å². The zero-order chi connectivity index (χ0) is 17.4. The largest absolute Gasteiger partial charge is 0.480 e. The molecule has 8 heteroatoms. The fraction of sp³-hybridized carbons (Fsp3) is 0.786. The molecule has 2 amide bonds. The summed E-state index contributed by atoms with van der Waals surface area (Å²) in [7, 11) is 0. The number of carboxylic acids is 1. The normalized spacial score (nSPS) is 15.3. The summed E-state index contributed by atoms with van der Waals surface area (Å²) in [6.45, 7) is 7.26. The second-order valence-corrected chi connectivity index (χ2v) is 6.41. The van der Waals surface area contributed by atoms with Gasteiger partial charge >= 0.3 is 5.97 Å². The van der Waals surface area contributed by atoms with Crippen LogP contribution in [0.1, 0.15) is 34.1 Å². The van der Waals surface area contributed by atoms with E-state index in [2.05, 4.69) is 23.3 Å². The number of thiol groups is 1. The van der Waals surface area contributed by atoms with Crippen LogP contribution in [0.4, 0.5) is 0 Å². The van der Waals surface area contributed by atoms with Gasteiger partial charge in [0.1, 0.15) is 12.1 Å². The fourth-order valence-electron chi connectivity index (χ4n) is 1.83. The number of amides is 2. The van der Waals surface area contributed by atoms with E-state index in [9.17, 15) is 14.4 Å². The van der Waals surface area contributed by atoms with E-state index in [0.29, 0.717) is 6.42 Å². The Morgan fingerprint density at radius 2 is 1.64 bits per heavy atom. The van der Waals surface area contributed by atoms with Crippen LogP contribution in [0.3, 0.4) is 0 Å². The number of nitrogens with two attached hydrogens (primary N) is 1. The SMILES string of the molecule is CC(C)C[C@H](NC(=O)[C@@H](NC(=O)[C@@H](N)CS)C(C)C)C(=O)O. The molecule has 0 rings (SSSR count). The van der Waals surface area contributed by atoms with Gasteiger partial charge in [0, 0.05) is 5.75 Å². The molecule has 0 aromatic heterocycles. The molecular formula is C14H27N3O4S. The number of hydrogen-bond acceptors (Lipinski definition) is 5. The van der Waals surface area contributed by atoms with Crippen LogP contribution >= 0.6 is 12.6 Å². The number of carbonyl (C=O) groups is 3. The summed E-state index contributed by atoms with van der Waals surface area (Å²) in [6.07, 6.45) is 0.315. The minimum atomic E-state index is -1.09. The average molecular weight is 333 g/mol. The molecule has 0 aliphatic carbocycles. The molecule has 3 atom stereocenters. The number of rotatable bonds is 9. The Labute approximate surface area is 136 Å². The molecule has 7 nitrogen and oxygen atoms in total. The molecule has 0 aliphatic rings. The first kappa shape index (κ1) is 20.7. The summed E-state index contributed by atoms with van der Waals surface area (Å²) in [5.41, 5.74) is 5.57. The van der Waals surface area contributed by atoms with Crippen molar-refractivity contribution in [3.8, 4) is 0 Å². The van der Waals surface area contributed by atoms with E-state index in [-0.39, 0.29) is 17.6 Å². The maximum Gasteiger partial charge on any atom is 0.326 e. The molecule has 0 aliphatic heterocycles. The molecule has 0 aromatic carbocycles. The van der Waals surface area contributed by atoms with Crippen molar-refractivity contribution >= 4 is 30.4 Å². The Balaban J connectivity index is 4.91. The summed E-state index contributed by atoms with van der Waals surface area (Å²) < 4.78 is 0. The molecule has 128 valence electrons. The first-order chi connectivity index (χ1) is 10.1. The molecular weight excluding hydrogens is 306 g/mol. The van der Waals surface area contributed by atoms with Gasteiger partial charge in [0.2, 0.25) is 11.8 Å². The van der Waals surface area contributed by atoms with Crippen LogP contribution in [0.5, 0.6) is 0 Å². The van der Waals surface area contributed by atoms with Crippen LogP contribution in [0, 0.1) is 11.8 Å². The molecule has 0 unspecified atom stereocenters. The minimum Gasteiger partial charge on any atom is -0.480 e. The van der Waals surface area contributed by atoms with Gasteiger partial charge in [-0.2, -0.15) is 12.6 Å². The van der Waals surface area contributed by atoms with Gasteiger partial charge in [0.15, 0.2) is 0 Å². The van der Waals surface area contributed by atoms with E-state index < -0.39 is 35.9 Å². The predicted molar refractivity (Wildman–Crippen MR) is 87.6 cm³/mol. The maximum absolute atomic E-state index is 12.3. The lowest BCUT2D eigenvalue weighted by atomic mass is 10.00. The van der Waals surface area contributed by atoms with Crippen LogP contribution in [-0.2, 0) is 14.4 Å². The number of aliphatic carboxylic acids is 1. The van der Waals surface area contributed by atoms with E-state index in [1.807, 2.05) is 13.8 Å². The lowest BCUT2D eigenvalue weighted by molar-refractivity contribution is -0.143. The highest BCUT2D eigenvalue weighted by atomic mass is 32.1. The Morgan fingerprint density at radius 3 is 2.00 bits per heavy atom. The van der Waals surface area contributed by atoms with Crippen LogP contribution in [0.15, 0.2) is 0 Å². The topological polar surface area (TPSA) is 122 Å². The van der Waals surface area contributed by atoms with E-state index in [0.717, 1.165) is 0 Å². The van der Waals surface area contributed by atoms with Crippen molar-refractivity contribution in [1.82, 2.24) is 10.6 Å². The molecule has 0 saturated heterocycles. The Hall–Kier alpha value is -1.28. The molecule has 5 N–H and O–H groups in total. The number of carboxylic acid groups (broad SMARTS) is 1. The van der Waals surface area contributed by atoms with Crippen LogP contribution in [0.2, 0.25) is 0 Å². The summed E-state index contributed by atoms with van der Waals surface area (Å²) in [5.74, 6) is -2.04. The minimum absolute atomic E-state index is 0.117. The van der Waals surface area contributed by atoms with Crippen molar-refractivity contribution < 1.29 is 19.5 Å². The van der Waals surface area contributed by atoms with Crippen molar-refractivity contribution in [2.45, 2.75) is 52.2 Å². The second-order valence-electron chi connectivity index (χ2n) is 6.05. The highest BCUT2D eigenvalue weighted by molar-refractivity contribution is 7.80.